The zero-order valence-corrected chi connectivity index (χ0v) is 19.8. The van der Waals surface area contributed by atoms with Gasteiger partial charge in [0.15, 0.2) is 0 Å². The highest BCUT2D eigenvalue weighted by Crippen LogP contribution is 2.29. The van der Waals surface area contributed by atoms with Crippen molar-refractivity contribution in [3.8, 4) is 11.3 Å². The van der Waals surface area contributed by atoms with Crippen LogP contribution in [0.3, 0.4) is 0 Å². The Morgan fingerprint density at radius 3 is 2.82 bits per heavy atom. The Balaban J connectivity index is 1.61. The number of carbonyl (C=O) groups is 1. The summed E-state index contributed by atoms with van der Waals surface area (Å²) in [4.78, 5) is 29.9. The lowest BCUT2D eigenvalue weighted by molar-refractivity contribution is 0.0964. The molecular weight excluding hydrogens is 448 g/mol. The molecule has 0 fully saturated rings. The maximum absolute atomic E-state index is 12.3. The molecule has 0 spiro atoms. The first-order valence-corrected chi connectivity index (χ1v) is 12.2. The summed E-state index contributed by atoms with van der Waals surface area (Å²) in [6.07, 6.45) is 8.62. The van der Waals surface area contributed by atoms with Crippen LogP contribution >= 0.6 is 11.8 Å². The maximum atomic E-state index is 12.3. The van der Waals surface area contributed by atoms with E-state index in [0.29, 0.717) is 17.9 Å². The second kappa shape index (κ2) is 11.0. The summed E-state index contributed by atoms with van der Waals surface area (Å²) in [5.74, 6) is 1.59. The zero-order chi connectivity index (χ0) is 23.9. The SMILES string of the molecule is CNC(=O)c1ccnc2c(C(CNc3cc(-c4cncc(CO)c4)ncn3)CSC)cccc12. The number of hydrogen-bond acceptors (Lipinski definition) is 8. The molecule has 1 aromatic carbocycles. The largest absolute Gasteiger partial charge is 0.392 e. The van der Waals surface area contributed by atoms with Crippen LogP contribution in [0.5, 0.6) is 0 Å². The van der Waals surface area contributed by atoms with Gasteiger partial charge in [-0.3, -0.25) is 14.8 Å². The third kappa shape index (κ3) is 5.16. The number of aromatic nitrogens is 4. The number of rotatable bonds is 9. The van der Waals surface area contributed by atoms with E-state index in [2.05, 4.69) is 42.9 Å². The molecule has 3 N–H and O–H groups in total. The van der Waals surface area contributed by atoms with E-state index >= 15 is 0 Å². The van der Waals surface area contributed by atoms with Crippen molar-refractivity contribution in [3.63, 3.8) is 0 Å². The lowest BCUT2D eigenvalue weighted by Gasteiger charge is -2.19. The summed E-state index contributed by atoms with van der Waals surface area (Å²) in [6.45, 7) is 0.561. The van der Waals surface area contributed by atoms with E-state index in [-0.39, 0.29) is 18.4 Å². The number of carbonyl (C=O) groups excluding carboxylic acids is 1. The standard InChI is InChI=1S/C25H26N6O2S/c1-26-25(33)21-6-7-28-24-19(4-3-5-20(21)24)18(14-34-2)12-29-23-9-22(30-15-31-23)17-8-16(13-32)10-27-11-17/h3-11,15,18,32H,12-14H2,1-2H3,(H,26,33)(H,29,30,31). The monoisotopic (exact) mass is 474 g/mol. The Morgan fingerprint density at radius 1 is 1.15 bits per heavy atom. The van der Waals surface area contributed by atoms with Crippen LogP contribution < -0.4 is 10.6 Å². The van der Waals surface area contributed by atoms with E-state index in [9.17, 15) is 9.90 Å². The molecule has 8 nitrogen and oxygen atoms in total. The minimum absolute atomic E-state index is 0.0753. The van der Waals surface area contributed by atoms with E-state index in [0.717, 1.165) is 39.0 Å². The molecule has 0 aliphatic carbocycles. The fourth-order valence-corrected chi connectivity index (χ4v) is 4.57. The lowest BCUT2D eigenvalue weighted by Crippen LogP contribution is -2.19. The molecule has 0 saturated heterocycles. The van der Waals surface area contributed by atoms with Gasteiger partial charge < -0.3 is 15.7 Å². The number of aliphatic hydroxyl groups excluding tert-OH is 1. The number of anilines is 1. The van der Waals surface area contributed by atoms with Crippen molar-refractivity contribution in [2.45, 2.75) is 12.5 Å². The second-order valence-electron chi connectivity index (χ2n) is 7.74. The van der Waals surface area contributed by atoms with Crippen LogP contribution in [-0.2, 0) is 6.61 Å². The van der Waals surface area contributed by atoms with Gasteiger partial charge in [0.2, 0.25) is 0 Å². The quantitative estimate of drug-likeness (QED) is 0.338. The molecule has 3 aromatic heterocycles. The molecule has 1 unspecified atom stereocenters. The molecule has 0 aliphatic rings. The first-order chi connectivity index (χ1) is 16.6. The third-order valence-corrected chi connectivity index (χ3v) is 6.29. The van der Waals surface area contributed by atoms with Gasteiger partial charge in [0.25, 0.3) is 5.91 Å². The summed E-state index contributed by atoms with van der Waals surface area (Å²) in [5.41, 5.74) is 4.80. The van der Waals surface area contributed by atoms with Gasteiger partial charge in [-0.25, -0.2) is 9.97 Å². The van der Waals surface area contributed by atoms with Gasteiger partial charge in [0.05, 0.1) is 23.4 Å². The molecule has 4 rings (SSSR count). The molecule has 0 bridgehead atoms. The van der Waals surface area contributed by atoms with Crippen LogP contribution in [0.25, 0.3) is 22.2 Å². The van der Waals surface area contributed by atoms with Crippen molar-refractivity contribution in [3.05, 3.63) is 78.0 Å². The fourth-order valence-electron chi connectivity index (χ4n) is 3.87. The predicted octanol–water partition coefficient (Wildman–Crippen LogP) is 3.50. The van der Waals surface area contributed by atoms with Gasteiger partial charge in [-0.15, -0.1) is 0 Å². The van der Waals surface area contributed by atoms with E-state index < -0.39 is 0 Å². The molecule has 1 amide bonds. The molecule has 34 heavy (non-hydrogen) atoms. The number of amides is 1. The summed E-state index contributed by atoms with van der Waals surface area (Å²) in [5, 5.41) is 16.4. The van der Waals surface area contributed by atoms with Crippen molar-refractivity contribution < 1.29 is 9.90 Å². The normalized spacial score (nSPS) is 11.9. The molecule has 3 heterocycles. The van der Waals surface area contributed by atoms with Gasteiger partial charge in [-0.05, 0) is 29.5 Å². The number of pyridine rings is 2. The summed E-state index contributed by atoms with van der Waals surface area (Å²) in [6, 6.07) is 11.5. The van der Waals surface area contributed by atoms with Crippen LogP contribution in [0, 0.1) is 0 Å². The summed E-state index contributed by atoms with van der Waals surface area (Å²) in [7, 11) is 1.63. The van der Waals surface area contributed by atoms with Crippen LogP contribution in [-0.4, -0.2) is 56.6 Å². The summed E-state index contributed by atoms with van der Waals surface area (Å²) < 4.78 is 0. The zero-order valence-electron chi connectivity index (χ0n) is 19.0. The molecule has 0 aliphatic heterocycles. The number of fused-ring (bicyclic) bond motifs is 1. The number of hydrogen-bond donors (Lipinski definition) is 3. The van der Waals surface area contributed by atoms with Gasteiger partial charge in [0.1, 0.15) is 12.1 Å². The van der Waals surface area contributed by atoms with Gasteiger partial charge >= 0.3 is 0 Å². The molecule has 9 heteroatoms. The van der Waals surface area contributed by atoms with Crippen LogP contribution in [0.4, 0.5) is 5.82 Å². The van der Waals surface area contributed by atoms with Crippen LogP contribution in [0.2, 0.25) is 0 Å². The molecule has 0 saturated carbocycles. The highest BCUT2D eigenvalue weighted by molar-refractivity contribution is 7.98. The summed E-state index contributed by atoms with van der Waals surface area (Å²) >= 11 is 1.76. The number of para-hydroxylation sites is 1. The van der Waals surface area contributed by atoms with Crippen molar-refractivity contribution in [1.82, 2.24) is 25.3 Å². The van der Waals surface area contributed by atoms with E-state index in [1.54, 1.807) is 43.5 Å². The smallest absolute Gasteiger partial charge is 0.251 e. The highest BCUT2D eigenvalue weighted by atomic mass is 32.2. The Bertz CT molecular complexity index is 1300. The Morgan fingerprint density at radius 2 is 2.03 bits per heavy atom. The number of benzene rings is 1. The van der Waals surface area contributed by atoms with Crippen molar-refractivity contribution in [2.24, 2.45) is 0 Å². The molecule has 174 valence electrons. The van der Waals surface area contributed by atoms with E-state index in [4.69, 9.17) is 0 Å². The average molecular weight is 475 g/mol. The topological polar surface area (TPSA) is 113 Å². The van der Waals surface area contributed by atoms with Gasteiger partial charge in [0, 0.05) is 60.9 Å². The molecule has 1 atom stereocenters. The molecule has 4 aromatic rings. The minimum atomic E-state index is -0.127. The predicted molar refractivity (Wildman–Crippen MR) is 136 cm³/mol. The van der Waals surface area contributed by atoms with E-state index in [1.807, 2.05) is 24.3 Å². The third-order valence-electron chi connectivity index (χ3n) is 5.55. The minimum Gasteiger partial charge on any atom is -0.392 e. The van der Waals surface area contributed by atoms with Crippen LogP contribution in [0.15, 0.2) is 61.3 Å². The number of thioether (sulfide) groups is 1. The van der Waals surface area contributed by atoms with Crippen molar-refractivity contribution in [1.29, 1.82) is 0 Å². The maximum Gasteiger partial charge on any atom is 0.251 e. The average Bonchev–Trinajstić information content (AvgIpc) is 2.90. The van der Waals surface area contributed by atoms with E-state index in [1.165, 1.54) is 6.33 Å². The second-order valence-corrected chi connectivity index (χ2v) is 8.65. The lowest BCUT2D eigenvalue weighted by atomic mass is 9.95. The van der Waals surface area contributed by atoms with Gasteiger partial charge in [-0.2, -0.15) is 11.8 Å². The molecular formula is C25H26N6O2S. The number of nitrogens with zero attached hydrogens (tertiary/aromatic N) is 4. The first kappa shape index (κ1) is 23.6. The van der Waals surface area contributed by atoms with Crippen LogP contribution in [0.1, 0.15) is 27.4 Å². The highest BCUT2D eigenvalue weighted by Gasteiger charge is 2.18. The first-order valence-electron chi connectivity index (χ1n) is 10.8. The fraction of sp³-hybridized carbons (Fsp3) is 0.240. The Labute approximate surface area is 202 Å². The van der Waals surface area contributed by atoms with Crippen molar-refractivity contribution in [2.75, 3.05) is 30.9 Å². The molecule has 0 radical (unpaired) electrons. The van der Waals surface area contributed by atoms with Gasteiger partial charge in [-0.1, -0.05) is 18.2 Å². The number of aliphatic hydroxyl groups is 1. The number of nitrogens with one attached hydrogen (secondary N) is 2. The van der Waals surface area contributed by atoms with Crippen molar-refractivity contribution >= 4 is 34.4 Å². The Kier molecular flexibility index (Phi) is 7.66. The Hall–Kier alpha value is -3.56.